The van der Waals surface area contributed by atoms with Crippen LogP contribution in [0.3, 0.4) is 0 Å². The summed E-state index contributed by atoms with van der Waals surface area (Å²) >= 11 is 5.77. The zero-order chi connectivity index (χ0) is 16.8. The van der Waals surface area contributed by atoms with Gasteiger partial charge in [0.1, 0.15) is 11.5 Å². The molecule has 0 unspecified atom stereocenters. The number of benzene rings is 2. The average Bonchev–Trinajstić information content (AvgIpc) is 2.55. The summed E-state index contributed by atoms with van der Waals surface area (Å²) in [5.74, 6) is -0.590. The number of carbonyl (C=O) groups excluding carboxylic acids is 2. The number of hydrazine groups is 1. The largest absolute Gasteiger partial charge is 0.507 e. The maximum Gasteiger partial charge on any atom is 0.273 e. The fourth-order valence-corrected chi connectivity index (χ4v) is 2.03. The molecular weight excluding hydrogens is 320 g/mol. The molecule has 0 aliphatic rings. The number of aromatic hydroxyl groups is 1. The number of halogens is 1. The van der Waals surface area contributed by atoms with E-state index >= 15 is 0 Å². The summed E-state index contributed by atoms with van der Waals surface area (Å²) in [5, 5.41) is 9.91. The van der Waals surface area contributed by atoms with Crippen molar-refractivity contribution in [2.75, 3.05) is 7.11 Å². The summed E-state index contributed by atoms with van der Waals surface area (Å²) in [4.78, 5) is 23.7. The number of amides is 2. The molecule has 0 heterocycles. The van der Waals surface area contributed by atoms with E-state index in [4.69, 9.17) is 16.3 Å². The standard InChI is InChI=1S/C16H15ClN2O4/c1-23-12-5-2-10(3-6-12)8-15(21)18-19-16(22)13-9-11(17)4-7-14(13)20/h2-7,9,20H,8H2,1H3,(H,18,21)(H,19,22). The third kappa shape index (κ3) is 4.62. The summed E-state index contributed by atoms with van der Waals surface area (Å²) in [7, 11) is 1.56. The maximum absolute atomic E-state index is 11.9. The van der Waals surface area contributed by atoms with Crippen molar-refractivity contribution in [3.63, 3.8) is 0 Å². The van der Waals surface area contributed by atoms with Crippen LogP contribution in [0.25, 0.3) is 0 Å². The van der Waals surface area contributed by atoms with E-state index in [1.165, 1.54) is 18.2 Å². The Balaban J connectivity index is 1.90. The van der Waals surface area contributed by atoms with Crippen molar-refractivity contribution in [3.05, 3.63) is 58.6 Å². The molecule has 0 aromatic heterocycles. The second kappa shape index (κ2) is 7.51. The second-order valence-corrected chi connectivity index (χ2v) is 5.13. The van der Waals surface area contributed by atoms with E-state index < -0.39 is 11.8 Å². The fraction of sp³-hybridized carbons (Fsp3) is 0.125. The highest BCUT2D eigenvalue weighted by atomic mass is 35.5. The van der Waals surface area contributed by atoms with E-state index in [1.807, 2.05) is 0 Å². The smallest absolute Gasteiger partial charge is 0.273 e. The monoisotopic (exact) mass is 334 g/mol. The van der Waals surface area contributed by atoms with Gasteiger partial charge in [-0.15, -0.1) is 0 Å². The Hall–Kier alpha value is -2.73. The topological polar surface area (TPSA) is 87.7 Å². The van der Waals surface area contributed by atoms with E-state index in [2.05, 4.69) is 10.9 Å². The number of carbonyl (C=O) groups is 2. The zero-order valence-electron chi connectivity index (χ0n) is 12.3. The summed E-state index contributed by atoms with van der Waals surface area (Å²) in [5.41, 5.74) is 5.25. The maximum atomic E-state index is 11.9. The van der Waals surface area contributed by atoms with E-state index in [0.717, 1.165) is 5.56 Å². The molecule has 2 amide bonds. The van der Waals surface area contributed by atoms with Gasteiger partial charge in [-0.2, -0.15) is 0 Å². The molecule has 0 aliphatic carbocycles. The molecule has 0 radical (unpaired) electrons. The summed E-state index contributed by atoms with van der Waals surface area (Å²) in [6.07, 6.45) is 0.0891. The predicted octanol–water partition coefficient (Wildman–Crippen LogP) is 2.06. The first-order valence-corrected chi connectivity index (χ1v) is 7.08. The average molecular weight is 335 g/mol. The van der Waals surface area contributed by atoms with Gasteiger partial charge in [0.25, 0.3) is 5.91 Å². The first-order valence-electron chi connectivity index (χ1n) is 6.70. The molecule has 0 saturated carbocycles. The van der Waals surface area contributed by atoms with E-state index in [-0.39, 0.29) is 17.7 Å². The van der Waals surface area contributed by atoms with Crippen LogP contribution in [0.2, 0.25) is 5.02 Å². The summed E-state index contributed by atoms with van der Waals surface area (Å²) in [6.45, 7) is 0. The Morgan fingerprint density at radius 1 is 1.13 bits per heavy atom. The van der Waals surface area contributed by atoms with Crippen molar-refractivity contribution in [1.29, 1.82) is 0 Å². The molecule has 2 rings (SSSR count). The molecule has 2 aromatic rings. The van der Waals surface area contributed by atoms with Crippen LogP contribution in [-0.2, 0) is 11.2 Å². The van der Waals surface area contributed by atoms with Gasteiger partial charge < -0.3 is 9.84 Å². The van der Waals surface area contributed by atoms with Crippen LogP contribution >= 0.6 is 11.6 Å². The Labute approximate surface area is 138 Å². The van der Waals surface area contributed by atoms with Crippen molar-refractivity contribution >= 4 is 23.4 Å². The fourth-order valence-electron chi connectivity index (χ4n) is 1.86. The van der Waals surface area contributed by atoms with Gasteiger partial charge in [-0.25, -0.2) is 0 Å². The van der Waals surface area contributed by atoms with Crippen LogP contribution in [0.15, 0.2) is 42.5 Å². The highest BCUT2D eigenvalue weighted by Gasteiger charge is 2.12. The minimum Gasteiger partial charge on any atom is -0.507 e. The highest BCUT2D eigenvalue weighted by molar-refractivity contribution is 6.31. The third-order valence-electron chi connectivity index (χ3n) is 3.04. The lowest BCUT2D eigenvalue weighted by atomic mass is 10.1. The van der Waals surface area contributed by atoms with Crippen molar-refractivity contribution in [2.24, 2.45) is 0 Å². The third-order valence-corrected chi connectivity index (χ3v) is 3.28. The normalized spacial score (nSPS) is 10.0. The number of methoxy groups -OCH3 is 1. The number of phenolic OH excluding ortho intramolecular Hbond substituents is 1. The number of phenols is 1. The molecule has 2 aromatic carbocycles. The van der Waals surface area contributed by atoms with Crippen molar-refractivity contribution in [3.8, 4) is 11.5 Å². The molecule has 0 aliphatic heterocycles. The summed E-state index contributed by atoms with van der Waals surface area (Å²) in [6, 6.07) is 11.1. The molecule has 120 valence electrons. The Morgan fingerprint density at radius 2 is 1.83 bits per heavy atom. The van der Waals surface area contributed by atoms with Gasteiger partial charge in [0.2, 0.25) is 5.91 Å². The number of rotatable bonds is 4. The van der Waals surface area contributed by atoms with Gasteiger partial charge in [-0.1, -0.05) is 23.7 Å². The van der Waals surface area contributed by atoms with Gasteiger partial charge in [0.15, 0.2) is 0 Å². The molecule has 3 N–H and O–H groups in total. The van der Waals surface area contributed by atoms with Gasteiger partial charge in [0.05, 0.1) is 19.1 Å². The quantitative estimate of drug-likeness (QED) is 0.747. The molecule has 0 saturated heterocycles. The Morgan fingerprint density at radius 3 is 2.48 bits per heavy atom. The van der Waals surface area contributed by atoms with Gasteiger partial charge in [-0.05, 0) is 35.9 Å². The number of hydrogen-bond acceptors (Lipinski definition) is 4. The Bertz CT molecular complexity index is 717. The van der Waals surface area contributed by atoms with E-state index in [1.54, 1.807) is 31.4 Å². The SMILES string of the molecule is COc1ccc(CC(=O)NNC(=O)c2cc(Cl)ccc2O)cc1. The summed E-state index contributed by atoms with van der Waals surface area (Å²) < 4.78 is 5.03. The van der Waals surface area contributed by atoms with Crippen molar-refractivity contribution < 1.29 is 19.4 Å². The van der Waals surface area contributed by atoms with E-state index in [9.17, 15) is 14.7 Å². The number of nitrogens with one attached hydrogen (secondary N) is 2. The lowest BCUT2D eigenvalue weighted by Crippen LogP contribution is -2.42. The number of ether oxygens (including phenoxy) is 1. The van der Waals surface area contributed by atoms with Crippen molar-refractivity contribution in [2.45, 2.75) is 6.42 Å². The minimum atomic E-state index is -0.659. The van der Waals surface area contributed by atoms with Crippen LogP contribution in [0, 0.1) is 0 Å². The Kier molecular flexibility index (Phi) is 5.43. The van der Waals surface area contributed by atoms with Crippen LogP contribution < -0.4 is 15.6 Å². The first kappa shape index (κ1) is 16.6. The van der Waals surface area contributed by atoms with Crippen LogP contribution in [0.4, 0.5) is 0 Å². The number of hydrogen-bond donors (Lipinski definition) is 3. The molecule has 7 heteroatoms. The lowest BCUT2D eigenvalue weighted by molar-refractivity contribution is -0.121. The molecular formula is C16H15ClN2O4. The molecule has 23 heavy (non-hydrogen) atoms. The predicted molar refractivity (Wildman–Crippen MR) is 85.4 cm³/mol. The van der Waals surface area contributed by atoms with Gasteiger partial charge in [-0.3, -0.25) is 20.4 Å². The molecule has 0 fully saturated rings. The van der Waals surface area contributed by atoms with Gasteiger partial charge in [0, 0.05) is 5.02 Å². The lowest BCUT2D eigenvalue weighted by Gasteiger charge is -2.09. The molecule has 6 nitrogen and oxygen atoms in total. The zero-order valence-corrected chi connectivity index (χ0v) is 13.1. The van der Waals surface area contributed by atoms with E-state index in [0.29, 0.717) is 10.8 Å². The van der Waals surface area contributed by atoms with Crippen molar-refractivity contribution in [1.82, 2.24) is 10.9 Å². The molecule has 0 spiro atoms. The highest BCUT2D eigenvalue weighted by Crippen LogP contribution is 2.21. The molecule has 0 atom stereocenters. The van der Waals surface area contributed by atoms with Crippen LogP contribution in [-0.4, -0.2) is 24.0 Å². The van der Waals surface area contributed by atoms with Crippen LogP contribution in [0.1, 0.15) is 15.9 Å². The van der Waals surface area contributed by atoms with Gasteiger partial charge >= 0.3 is 0 Å². The molecule has 0 bridgehead atoms. The minimum absolute atomic E-state index is 0.0257. The second-order valence-electron chi connectivity index (χ2n) is 4.69. The van der Waals surface area contributed by atoms with Crippen LogP contribution in [0.5, 0.6) is 11.5 Å². The first-order chi connectivity index (χ1) is 11.0.